The zero-order chi connectivity index (χ0) is 14.7. The molecule has 4 nitrogen and oxygen atoms in total. The predicted molar refractivity (Wildman–Crippen MR) is 80.4 cm³/mol. The minimum atomic E-state index is -0.764. The maximum atomic E-state index is 11.0. The first-order valence-electron chi connectivity index (χ1n) is 6.60. The number of aliphatic carboxylic acids is 1. The molecular formula is C14H18Cl2N2O2. The Morgan fingerprint density at radius 2 is 1.75 bits per heavy atom. The van der Waals surface area contributed by atoms with Crippen LogP contribution < -0.4 is 0 Å². The molecule has 0 amide bonds. The van der Waals surface area contributed by atoms with Crippen molar-refractivity contribution >= 4 is 29.2 Å². The summed E-state index contributed by atoms with van der Waals surface area (Å²) in [6, 6.07) is 5.14. The maximum absolute atomic E-state index is 11.0. The molecule has 0 bridgehead atoms. The van der Waals surface area contributed by atoms with E-state index in [1.807, 2.05) is 17.0 Å². The van der Waals surface area contributed by atoms with Gasteiger partial charge in [-0.1, -0.05) is 23.2 Å². The van der Waals surface area contributed by atoms with Gasteiger partial charge < -0.3 is 5.11 Å². The number of piperazine rings is 1. The molecule has 1 aliphatic rings. The molecule has 0 saturated carbocycles. The molecule has 0 radical (unpaired) electrons. The molecule has 2 rings (SSSR count). The molecule has 1 aromatic carbocycles. The monoisotopic (exact) mass is 316 g/mol. The van der Waals surface area contributed by atoms with Gasteiger partial charge in [0.05, 0.1) is 0 Å². The highest BCUT2D eigenvalue weighted by molar-refractivity contribution is 6.34. The van der Waals surface area contributed by atoms with Crippen LogP contribution in [0.1, 0.15) is 12.5 Å². The van der Waals surface area contributed by atoms with Crippen LogP contribution in [0.25, 0.3) is 0 Å². The smallest absolute Gasteiger partial charge is 0.320 e. The van der Waals surface area contributed by atoms with Gasteiger partial charge in [0, 0.05) is 42.8 Å². The average molecular weight is 317 g/mol. The van der Waals surface area contributed by atoms with Gasteiger partial charge in [0.2, 0.25) is 0 Å². The van der Waals surface area contributed by atoms with Gasteiger partial charge in [0.1, 0.15) is 6.04 Å². The summed E-state index contributed by atoms with van der Waals surface area (Å²) in [5.41, 5.74) is 1.09. The summed E-state index contributed by atoms with van der Waals surface area (Å²) in [6.07, 6.45) is 0. The van der Waals surface area contributed by atoms with Crippen molar-refractivity contribution in [1.29, 1.82) is 0 Å². The molecule has 0 spiro atoms. The second kappa shape index (κ2) is 6.76. The van der Waals surface area contributed by atoms with Crippen LogP contribution in [0.3, 0.4) is 0 Å². The number of rotatable bonds is 4. The highest BCUT2D eigenvalue weighted by Crippen LogP contribution is 2.20. The van der Waals surface area contributed by atoms with Crippen LogP contribution in [0.2, 0.25) is 10.0 Å². The molecule has 20 heavy (non-hydrogen) atoms. The van der Waals surface area contributed by atoms with Gasteiger partial charge in [-0.25, -0.2) is 0 Å². The molecule has 110 valence electrons. The summed E-state index contributed by atoms with van der Waals surface area (Å²) < 4.78 is 0. The predicted octanol–water partition coefficient (Wildman–Crippen LogP) is 2.58. The summed E-state index contributed by atoms with van der Waals surface area (Å²) in [5.74, 6) is -0.764. The van der Waals surface area contributed by atoms with E-state index in [-0.39, 0.29) is 0 Å². The third-order valence-electron chi connectivity index (χ3n) is 3.64. The fraction of sp³-hybridized carbons (Fsp3) is 0.500. The summed E-state index contributed by atoms with van der Waals surface area (Å²) >= 11 is 12.0. The van der Waals surface area contributed by atoms with Crippen molar-refractivity contribution in [3.8, 4) is 0 Å². The first-order valence-corrected chi connectivity index (χ1v) is 7.35. The molecule has 0 aliphatic carbocycles. The average Bonchev–Trinajstić information content (AvgIpc) is 2.37. The fourth-order valence-electron chi connectivity index (χ4n) is 2.43. The first-order chi connectivity index (χ1) is 9.45. The van der Waals surface area contributed by atoms with Crippen molar-refractivity contribution in [1.82, 2.24) is 9.80 Å². The van der Waals surface area contributed by atoms with E-state index in [1.54, 1.807) is 13.0 Å². The third kappa shape index (κ3) is 4.09. The minimum absolute atomic E-state index is 0.419. The summed E-state index contributed by atoms with van der Waals surface area (Å²) in [4.78, 5) is 15.2. The van der Waals surface area contributed by atoms with Crippen LogP contribution in [0.4, 0.5) is 0 Å². The zero-order valence-corrected chi connectivity index (χ0v) is 12.9. The Balaban J connectivity index is 1.89. The second-order valence-corrected chi connectivity index (χ2v) is 5.98. The Hall–Kier alpha value is -0.810. The first kappa shape index (κ1) is 15.6. The molecule has 1 saturated heterocycles. The number of carboxylic acids is 1. The van der Waals surface area contributed by atoms with E-state index in [0.29, 0.717) is 10.0 Å². The van der Waals surface area contributed by atoms with Crippen LogP contribution in [-0.4, -0.2) is 53.1 Å². The summed E-state index contributed by atoms with van der Waals surface area (Å²) in [7, 11) is 0. The molecule has 6 heteroatoms. The molecule has 1 aromatic rings. The highest BCUT2D eigenvalue weighted by Gasteiger charge is 2.25. The third-order valence-corrected chi connectivity index (χ3v) is 4.08. The zero-order valence-electron chi connectivity index (χ0n) is 11.4. The normalized spacial score (nSPS) is 18.9. The number of hydrogen-bond acceptors (Lipinski definition) is 3. The molecule has 1 unspecified atom stereocenters. The maximum Gasteiger partial charge on any atom is 0.320 e. The summed E-state index contributed by atoms with van der Waals surface area (Å²) in [5, 5.41) is 10.3. The Bertz CT molecular complexity index is 468. The lowest BCUT2D eigenvalue weighted by atomic mass is 10.2. The van der Waals surface area contributed by atoms with Gasteiger partial charge in [-0.05, 0) is 30.7 Å². The van der Waals surface area contributed by atoms with Gasteiger partial charge in [0.15, 0.2) is 0 Å². The van der Waals surface area contributed by atoms with Gasteiger partial charge in [-0.15, -0.1) is 0 Å². The largest absolute Gasteiger partial charge is 0.480 e. The van der Waals surface area contributed by atoms with Crippen molar-refractivity contribution in [2.24, 2.45) is 0 Å². The van der Waals surface area contributed by atoms with Crippen LogP contribution in [0.5, 0.6) is 0 Å². The molecule has 1 atom stereocenters. The van der Waals surface area contributed by atoms with Crippen molar-refractivity contribution in [3.63, 3.8) is 0 Å². The second-order valence-electron chi connectivity index (χ2n) is 5.10. The van der Waals surface area contributed by atoms with E-state index in [4.69, 9.17) is 28.3 Å². The minimum Gasteiger partial charge on any atom is -0.480 e. The van der Waals surface area contributed by atoms with Crippen LogP contribution in [0, 0.1) is 0 Å². The molecule has 0 aromatic heterocycles. The Morgan fingerprint density at radius 1 is 1.20 bits per heavy atom. The molecule has 1 heterocycles. The van der Waals surface area contributed by atoms with Gasteiger partial charge in [-0.3, -0.25) is 14.6 Å². The van der Waals surface area contributed by atoms with Crippen LogP contribution in [-0.2, 0) is 11.3 Å². The van der Waals surface area contributed by atoms with E-state index in [9.17, 15) is 4.79 Å². The number of carboxylic acid groups (broad SMARTS) is 1. The Morgan fingerprint density at radius 3 is 2.25 bits per heavy atom. The van der Waals surface area contributed by atoms with E-state index >= 15 is 0 Å². The summed E-state index contributed by atoms with van der Waals surface area (Å²) in [6.45, 7) is 5.75. The Labute approximate surface area is 128 Å². The van der Waals surface area contributed by atoms with E-state index in [0.717, 1.165) is 38.3 Å². The number of benzene rings is 1. The number of halogens is 2. The number of carbonyl (C=O) groups is 1. The van der Waals surface area contributed by atoms with Gasteiger partial charge in [-0.2, -0.15) is 0 Å². The lowest BCUT2D eigenvalue weighted by Gasteiger charge is -2.36. The molecular weight excluding hydrogens is 299 g/mol. The Kier molecular flexibility index (Phi) is 5.27. The van der Waals surface area contributed by atoms with Gasteiger partial charge >= 0.3 is 5.97 Å². The van der Waals surface area contributed by atoms with E-state index in [1.165, 1.54) is 0 Å². The quantitative estimate of drug-likeness (QED) is 0.927. The lowest BCUT2D eigenvalue weighted by Crippen LogP contribution is -2.51. The van der Waals surface area contributed by atoms with Crippen molar-refractivity contribution < 1.29 is 9.90 Å². The van der Waals surface area contributed by atoms with Crippen LogP contribution >= 0.6 is 23.2 Å². The topological polar surface area (TPSA) is 43.8 Å². The highest BCUT2D eigenvalue weighted by atomic mass is 35.5. The van der Waals surface area contributed by atoms with Crippen LogP contribution in [0.15, 0.2) is 18.2 Å². The van der Waals surface area contributed by atoms with Crippen molar-refractivity contribution in [3.05, 3.63) is 33.8 Å². The molecule has 1 N–H and O–H groups in total. The standard InChI is InChI=1S/C14H18Cl2N2O2/c1-10(14(19)20)18-4-2-17(3-5-18)9-11-6-12(15)8-13(16)7-11/h6-8,10H,2-5,9H2,1H3,(H,19,20). The van der Waals surface area contributed by atoms with Gasteiger partial charge in [0.25, 0.3) is 0 Å². The SMILES string of the molecule is CC(C(=O)O)N1CCN(Cc2cc(Cl)cc(Cl)c2)CC1. The lowest BCUT2D eigenvalue weighted by molar-refractivity contribution is -0.143. The molecule has 1 fully saturated rings. The number of nitrogens with zero attached hydrogens (tertiary/aromatic N) is 2. The van der Waals surface area contributed by atoms with Crippen molar-refractivity contribution in [2.45, 2.75) is 19.5 Å². The van der Waals surface area contributed by atoms with E-state index in [2.05, 4.69) is 4.90 Å². The van der Waals surface area contributed by atoms with E-state index < -0.39 is 12.0 Å². The number of hydrogen-bond donors (Lipinski definition) is 1. The fourth-order valence-corrected chi connectivity index (χ4v) is 3.00. The van der Waals surface area contributed by atoms with Crippen molar-refractivity contribution in [2.75, 3.05) is 26.2 Å². The molecule has 1 aliphatic heterocycles.